The molecule has 0 saturated heterocycles. The number of amides is 1. The highest BCUT2D eigenvalue weighted by Gasteiger charge is 2.11. The van der Waals surface area contributed by atoms with Gasteiger partial charge in [0.1, 0.15) is 5.69 Å². The van der Waals surface area contributed by atoms with Crippen LogP contribution >= 0.6 is 0 Å². The van der Waals surface area contributed by atoms with Crippen molar-refractivity contribution < 1.29 is 13.2 Å². The summed E-state index contributed by atoms with van der Waals surface area (Å²) < 4.78 is 24.4. The minimum atomic E-state index is -3.26. The lowest BCUT2D eigenvalue weighted by Gasteiger charge is -2.06. The van der Waals surface area contributed by atoms with E-state index in [0.29, 0.717) is 11.3 Å². The second kappa shape index (κ2) is 5.47. The van der Waals surface area contributed by atoms with E-state index in [9.17, 15) is 13.2 Å². The second-order valence-corrected chi connectivity index (χ2v) is 7.17. The fraction of sp³-hybridized carbons (Fsp3) is 0.133. The van der Waals surface area contributed by atoms with E-state index in [1.165, 1.54) is 28.8 Å². The van der Waals surface area contributed by atoms with Gasteiger partial charge in [-0.15, -0.1) is 0 Å². The Hall–Kier alpha value is -2.74. The number of carbonyl (C=O) groups excluding carboxylic acids is 1. The fourth-order valence-corrected chi connectivity index (χ4v) is 2.73. The molecule has 2 heterocycles. The largest absolute Gasteiger partial charge is 0.321 e. The topological polar surface area (TPSA) is 93.4 Å². The first-order chi connectivity index (χ1) is 10.8. The van der Waals surface area contributed by atoms with Crippen LogP contribution in [0, 0.1) is 6.92 Å². The smallest absolute Gasteiger partial charge is 0.276 e. The van der Waals surface area contributed by atoms with Crippen LogP contribution < -0.4 is 5.32 Å². The first-order valence-electron chi connectivity index (χ1n) is 6.77. The number of aryl methyl sites for hydroxylation is 1. The van der Waals surface area contributed by atoms with Crippen molar-refractivity contribution >= 4 is 27.1 Å². The maximum atomic E-state index is 12.2. The minimum Gasteiger partial charge on any atom is -0.321 e. The van der Waals surface area contributed by atoms with E-state index < -0.39 is 9.84 Å². The Bertz CT molecular complexity index is 991. The first kappa shape index (κ1) is 15.2. The third-order valence-electron chi connectivity index (χ3n) is 3.21. The Kier molecular flexibility index (Phi) is 3.61. The molecule has 1 aromatic carbocycles. The lowest BCUT2D eigenvalue weighted by molar-refractivity contribution is 0.102. The number of benzene rings is 1. The maximum Gasteiger partial charge on any atom is 0.276 e. The first-order valence-corrected chi connectivity index (χ1v) is 8.66. The molecule has 0 aliphatic rings. The number of nitrogens with zero attached hydrogens (tertiary/aromatic N) is 3. The van der Waals surface area contributed by atoms with Gasteiger partial charge in [0.05, 0.1) is 16.8 Å². The number of carbonyl (C=O) groups is 1. The molecule has 2 aromatic heterocycles. The van der Waals surface area contributed by atoms with E-state index in [4.69, 9.17) is 0 Å². The standard InChI is InChI=1S/C15H14N4O3S/c1-10-9-19-14(16-10)8-7-13(18-19)15(20)17-11-3-5-12(6-4-11)23(2,21)22/h3-9H,1-2H3,(H,17,20). The molecule has 0 saturated carbocycles. The van der Waals surface area contributed by atoms with Crippen LogP contribution in [-0.4, -0.2) is 35.2 Å². The lowest BCUT2D eigenvalue weighted by Crippen LogP contribution is -2.15. The molecule has 3 rings (SSSR count). The summed E-state index contributed by atoms with van der Waals surface area (Å²) in [5.41, 5.74) is 2.20. The summed E-state index contributed by atoms with van der Waals surface area (Å²) in [6.45, 7) is 1.84. The maximum absolute atomic E-state index is 12.2. The van der Waals surface area contributed by atoms with Gasteiger partial charge in [0, 0.05) is 11.9 Å². The quantitative estimate of drug-likeness (QED) is 0.789. The lowest BCUT2D eigenvalue weighted by atomic mass is 10.3. The highest BCUT2D eigenvalue weighted by molar-refractivity contribution is 7.90. The number of nitrogens with one attached hydrogen (secondary N) is 1. The summed E-state index contributed by atoms with van der Waals surface area (Å²) in [6.07, 6.45) is 2.86. The van der Waals surface area contributed by atoms with Crippen molar-refractivity contribution in [2.24, 2.45) is 0 Å². The zero-order chi connectivity index (χ0) is 16.6. The van der Waals surface area contributed by atoms with Gasteiger partial charge in [0.2, 0.25) is 0 Å². The SMILES string of the molecule is Cc1cn2nc(C(=O)Nc3ccc(S(C)(=O)=O)cc3)ccc2n1. The molecule has 0 aliphatic carbocycles. The average molecular weight is 330 g/mol. The Labute approximate surface area is 132 Å². The third kappa shape index (κ3) is 3.21. The monoisotopic (exact) mass is 330 g/mol. The van der Waals surface area contributed by atoms with Crippen molar-refractivity contribution in [2.45, 2.75) is 11.8 Å². The Balaban J connectivity index is 1.82. The van der Waals surface area contributed by atoms with Gasteiger partial charge in [0.25, 0.3) is 5.91 Å². The van der Waals surface area contributed by atoms with Crippen LogP contribution in [0.25, 0.3) is 5.65 Å². The number of sulfone groups is 1. The van der Waals surface area contributed by atoms with Gasteiger partial charge in [-0.2, -0.15) is 5.10 Å². The molecule has 0 unspecified atom stereocenters. The number of hydrogen-bond acceptors (Lipinski definition) is 5. The number of aromatic nitrogens is 3. The summed E-state index contributed by atoms with van der Waals surface area (Å²) >= 11 is 0. The molecule has 23 heavy (non-hydrogen) atoms. The molecule has 0 radical (unpaired) electrons. The van der Waals surface area contributed by atoms with Crippen molar-refractivity contribution in [3.8, 4) is 0 Å². The highest BCUT2D eigenvalue weighted by Crippen LogP contribution is 2.14. The predicted octanol–water partition coefficient (Wildman–Crippen LogP) is 1.69. The summed E-state index contributed by atoms with van der Waals surface area (Å²) in [7, 11) is -3.26. The second-order valence-electron chi connectivity index (χ2n) is 5.15. The molecule has 0 atom stereocenters. The summed E-state index contributed by atoms with van der Waals surface area (Å²) in [4.78, 5) is 16.7. The van der Waals surface area contributed by atoms with E-state index in [1.54, 1.807) is 18.3 Å². The summed E-state index contributed by atoms with van der Waals surface area (Å²) in [5.74, 6) is -0.384. The Morgan fingerprint density at radius 2 is 1.83 bits per heavy atom. The van der Waals surface area contributed by atoms with E-state index >= 15 is 0 Å². The van der Waals surface area contributed by atoms with Crippen LogP contribution in [-0.2, 0) is 9.84 Å². The van der Waals surface area contributed by atoms with Gasteiger partial charge in [-0.25, -0.2) is 17.9 Å². The van der Waals surface area contributed by atoms with Gasteiger partial charge in [-0.1, -0.05) is 0 Å². The molecule has 3 aromatic rings. The van der Waals surface area contributed by atoms with Crippen molar-refractivity contribution in [2.75, 3.05) is 11.6 Å². The summed E-state index contributed by atoms with van der Waals surface area (Å²) in [5, 5.41) is 6.87. The van der Waals surface area contributed by atoms with E-state index in [2.05, 4.69) is 15.4 Å². The molecule has 1 N–H and O–H groups in total. The zero-order valence-corrected chi connectivity index (χ0v) is 13.3. The summed E-state index contributed by atoms with van der Waals surface area (Å²) in [6, 6.07) is 9.26. The van der Waals surface area contributed by atoms with E-state index in [0.717, 1.165) is 11.9 Å². The van der Waals surface area contributed by atoms with Crippen molar-refractivity contribution in [3.63, 3.8) is 0 Å². The van der Waals surface area contributed by atoms with Crippen molar-refractivity contribution in [1.29, 1.82) is 0 Å². The molecule has 0 fully saturated rings. The molecular formula is C15H14N4O3S. The molecule has 8 heteroatoms. The fourth-order valence-electron chi connectivity index (χ4n) is 2.10. The van der Waals surface area contributed by atoms with Gasteiger partial charge < -0.3 is 5.32 Å². The van der Waals surface area contributed by atoms with Gasteiger partial charge in [0.15, 0.2) is 15.5 Å². The van der Waals surface area contributed by atoms with Crippen LogP contribution in [0.15, 0.2) is 47.5 Å². The van der Waals surface area contributed by atoms with Crippen LogP contribution in [0.2, 0.25) is 0 Å². The average Bonchev–Trinajstić information content (AvgIpc) is 2.85. The van der Waals surface area contributed by atoms with Gasteiger partial charge >= 0.3 is 0 Å². The normalized spacial score (nSPS) is 11.6. The molecule has 0 aliphatic heterocycles. The zero-order valence-electron chi connectivity index (χ0n) is 12.5. The van der Waals surface area contributed by atoms with Crippen LogP contribution in [0.4, 0.5) is 5.69 Å². The molecular weight excluding hydrogens is 316 g/mol. The Morgan fingerprint density at radius 3 is 2.48 bits per heavy atom. The molecule has 118 valence electrons. The molecule has 1 amide bonds. The van der Waals surface area contributed by atoms with Crippen LogP contribution in [0.3, 0.4) is 0 Å². The third-order valence-corrected chi connectivity index (χ3v) is 4.34. The molecule has 7 nitrogen and oxygen atoms in total. The van der Waals surface area contributed by atoms with E-state index in [1.807, 2.05) is 6.92 Å². The predicted molar refractivity (Wildman–Crippen MR) is 85.2 cm³/mol. The number of anilines is 1. The van der Waals surface area contributed by atoms with Crippen molar-refractivity contribution in [1.82, 2.24) is 14.6 Å². The number of fused-ring (bicyclic) bond motifs is 1. The highest BCUT2D eigenvalue weighted by atomic mass is 32.2. The van der Waals surface area contributed by atoms with Crippen molar-refractivity contribution in [3.05, 3.63) is 54.0 Å². The van der Waals surface area contributed by atoms with Gasteiger partial charge in [-0.3, -0.25) is 4.79 Å². The Morgan fingerprint density at radius 1 is 1.13 bits per heavy atom. The molecule has 0 spiro atoms. The number of imidazole rings is 1. The molecule has 0 bridgehead atoms. The van der Waals surface area contributed by atoms with E-state index in [-0.39, 0.29) is 16.5 Å². The van der Waals surface area contributed by atoms with Crippen LogP contribution in [0.5, 0.6) is 0 Å². The number of rotatable bonds is 3. The van der Waals surface area contributed by atoms with Crippen LogP contribution in [0.1, 0.15) is 16.2 Å². The van der Waals surface area contributed by atoms with Gasteiger partial charge in [-0.05, 0) is 43.3 Å². The minimum absolute atomic E-state index is 0.198. The number of hydrogen-bond donors (Lipinski definition) is 1.